The summed E-state index contributed by atoms with van der Waals surface area (Å²) in [4.78, 5) is 12.3. The normalized spacial score (nSPS) is 12.0. The first-order valence-electron chi connectivity index (χ1n) is 7.98. The van der Waals surface area contributed by atoms with Crippen molar-refractivity contribution in [3.63, 3.8) is 0 Å². The van der Waals surface area contributed by atoms with Crippen LogP contribution in [0.3, 0.4) is 0 Å². The lowest BCUT2D eigenvalue weighted by Crippen LogP contribution is -2.14. The number of tetrazole rings is 1. The lowest BCUT2D eigenvalue weighted by Gasteiger charge is -2.09. The van der Waals surface area contributed by atoms with Gasteiger partial charge in [0.25, 0.3) is 0 Å². The standard InChI is InChI=1S/C17H15N5O4S/c1-24-13-5-3-2-4-12(13)22-17(19-20-21-22)27-9-16(23)18-11-6-7-14-15(8-11)26-10-25-14/h2-8H,9-10H2,1H3,(H,18,23). The Bertz CT molecular complexity index is 977. The number of amides is 1. The van der Waals surface area contributed by atoms with Gasteiger partial charge in [-0.05, 0) is 34.7 Å². The second-order valence-corrected chi connectivity index (χ2v) is 6.39. The molecule has 138 valence electrons. The summed E-state index contributed by atoms with van der Waals surface area (Å²) in [6.07, 6.45) is 0. The largest absolute Gasteiger partial charge is 0.494 e. The van der Waals surface area contributed by atoms with Crippen LogP contribution >= 0.6 is 11.8 Å². The maximum Gasteiger partial charge on any atom is 0.234 e. The van der Waals surface area contributed by atoms with E-state index in [4.69, 9.17) is 14.2 Å². The van der Waals surface area contributed by atoms with E-state index in [0.29, 0.717) is 33.8 Å². The molecule has 3 aromatic rings. The number of aromatic nitrogens is 4. The number of thioether (sulfide) groups is 1. The van der Waals surface area contributed by atoms with Gasteiger partial charge in [0.2, 0.25) is 17.9 Å². The third-order valence-electron chi connectivity index (χ3n) is 3.74. The minimum Gasteiger partial charge on any atom is -0.494 e. The number of nitrogens with one attached hydrogen (secondary N) is 1. The molecule has 0 aliphatic carbocycles. The fourth-order valence-corrected chi connectivity index (χ4v) is 3.21. The van der Waals surface area contributed by atoms with Crippen molar-refractivity contribution in [2.45, 2.75) is 5.16 Å². The Balaban J connectivity index is 1.42. The molecule has 0 bridgehead atoms. The number of fused-ring (bicyclic) bond motifs is 1. The zero-order valence-corrected chi connectivity index (χ0v) is 15.1. The molecular formula is C17H15N5O4S. The number of anilines is 1. The summed E-state index contributed by atoms with van der Waals surface area (Å²) in [6, 6.07) is 12.6. The molecule has 1 N–H and O–H groups in total. The molecule has 0 radical (unpaired) electrons. The van der Waals surface area contributed by atoms with Crippen molar-refractivity contribution in [3.8, 4) is 22.9 Å². The number of carbonyl (C=O) groups excluding carboxylic acids is 1. The predicted molar refractivity (Wildman–Crippen MR) is 97.6 cm³/mol. The van der Waals surface area contributed by atoms with Crippen molar-refractivity contribution in [1.82, 2.24) is 20.2 Å². The van der Waals surface area contributed by atoms with E-state index in [-0.39, 0.29) is 18.5 Å². The molecule has 0 fully saturated rings. The van der Waals surface area contributed by atoms with E-state index in [2.05, 4.69) is 20.8 Å². The quantitative estimate of drug-likeness (QED) is 0.644. The van der Waals surface area contributed by atoms with Crippen LogP contribution in [0.25, 0.3) is 5.69 Å². The van der Waals surface area contributed by atoms with Crippen LogP contribution < -0.4 is 19.5 Å². The molecule has 1 aromatic heterocycles. The summed E-state index contributed by atoms with van der Waals surface area (Å²) in [5.74, 6) is 1.87. The van der Waals surface area contributed by atoms with Crippen LogP contribution in [0, 0.1) is 0 Å². The fourth-order valence-electron chi connectivity index (χ4n) is 2.53. The first-order chi connectivity index (χ1) is 13.2. The van der Waals surface area contributed by atoms with E-state index >= 15 is 0 Å². The molecule has 1 aliphatic heterocycles. The van der Waals surface area contributed by atoms with E-state index in [1.54, 1.807) is 25.3 Å². The van der Waals surface area contributed by atoms with Gasteiger partial charge in [-0.25, -0.2) is 0 Å². The van der Waals surface area contributed by atoms with Crippen LogP contribution in [-0.4, -0.2) is 45.8 Å². The highest BCUT2D eigenvalue weighted by molar-refractivity contribution is 7.99. The van der Waals surface area contributed by atoms with Gasteiger partial charge in [0.15, 0.2) is 11.5 Å². The highest BCUT2D eigenvalue weighted by Gasteiger charge is 2.16. The van der Waals surface area contributed by atoms with Crippen LogP contribution in [0.5, 0.6) is 17.2 Å². The minimum atomic E-state index is -0.187. The molecule has 0 saturated carbocycles. The Morgan fingerprint density at radius 3 is 3.00 bits per heavy atom. The molecule has 1 amide bonds. The number of nitrogens with zero attached hydrogens (tertiary/aromatic N) is 4. The second-order valence-electron chi connectivity index (χ2n) is 5.45. The molecule has 2 heterocycles. The maximum atomic E-state index is 12.3. The van der Waals surface area contributed by atoms with Gasteiger partial charge in [-0.3, -0.25) is 4.79 Å². The maximum absolute atomic E-state index is 12.3. The predicted octanol–water partition coefficient (Wildman–Crippen LogP) is 2.13. The first kappa shape index (κ1) is 17.2. The van der Waals surface area contributed by atoms with Gasteiger partial charge in [-0.15, -0.1) is 5.10 Å². The SMILES string of the molecule is COc1ccccc1-n1nnnc1SCC(=O)Nc1ccc2c(c1)OCO2. The summed E-state index contributed by atoms with van der Waals surface area (Å²) in [7, 11) is 1.58. The molecular weight excluding hydrogens is 370 g/mol. The molecule has 0 unspecified atom stereocenters. The van der Waals surface area contributed by atoms with Crippen LogP contribution in [0.4, 0.5) is 5.69 Å². The highest BCUT2D eigenvalue weighted by atomic mass is 32.2. The van der Waals surface area contributed by atoms with Gasteiger partial charge in [0, 0.05) is 11.8 Å². The third-order valence-corrected chi connectivity index (χ3v) is 4.66. The summed E-state index contributed by atoms with van der Waals surface area (Å²) in [5.41, 5.74) is 1.33. The highest BCUT2D eigenvalue weighted by Crippen LogP contribution is 2.34. The molecule has 0 spiro atoms. The van der Waals surface area contributed by atoms with Crippen molar-refractivity contribution < 1.29 is 19.0 Å². The number of rotatable bonds is 6. The molecule has 9 nitrogen and oxygen atoms in total. The van der Waals surface area contributed by atoms with Gasteiger partial charge in [0.1, 0.15) is 11.4 Å². The molecule has 27 heavy (non-hydrogen) atoms. The van der Waals surface area contributed by atoms with Gasteiger partial charge in [0.05, 0.1) is 12.9 Å². The van der Waals surface area contributed by atoms with Crippen LogP contribution in [0.2, 0.25) is 0 Å². The van der Waals surface area contributed by atoms with Crippen molar-refractivity contribution in [3.05, 3.63) is 42.5 Å². The van der Waals surface area contributed by atoms with E-state index in [0.717, 1.165) is 0 Å². The van der Waals surface area contributed by atoms with Crippen molar-refractivity contribution >= 4 is 23.4 Å². The Hall–Kier alpha value is -3.27. The number of methoxy groups -OCH3 is 1. The molecule has 1 aliphatic rings. The number of ether oxygens (including phenoxy) is 3. The molecule has 2 aromatic carbocycles. The topological polar surface area (TPSA) is 100 Å². The van der Waals surface area contributed by atoms with E-state index in [1.165, 1.54) is 16.4 Å². The lowest BCUT2D eigenvalue weighted by molar-refractivity contribution is -0.113. The van der Waals surface area contributed by atoms with Gasteiger partial charge < -0.3 is 19.5 Å². The van der Waals surface area contributed by atoms with E-state index in [1.807, 2.05) is 24.3 Å². The zero-order chi connectivity index (χ0) is 18.6. The average Bonchev–Trinajstić information content (AvgIpc) is 3.35. The Morgan fingerprint density at radius 2 is 2.11 bits per heavy atom. The second kappa shape index (κ2) is 7.54. The number of carbonyl (C=O) groups is 1. The van der Waals surface area contributed by atoms with Crippen LogP contribution in [0.15, 0.2) is 47.6 Å². The van der Waals surface area contributed by atoms with Gasteiger partial charge >= 0.3 is 0 Å². The average molecular weight is 385 g/mol. The third kappa shape index (κ3) is 3.65. The number of hydrogen-bond donors (Lipinski definition) is 1. The Morgan fingerprint density at radius 1 is 1.26 bits per heavy atom. The summed E-state index contributed by atoms with van der Waals surface area (Å²) in [6.45, 7) is 0.189. The van der Waals surface area contributed by atoms with Crippen LogP contribution in [-0.2, 0) is 4.79 Å². The fraction of sp³-hybridized carbons (Fsp3) is 0.176. The molecule has 0 saturated heterocycles. The van der Waals surface area contributed by atoms with Gasteiger partial charge in [-0.2, -0.15) is 4.68 Å². The summed E-state index contributed by atoms with van der Waals surface area (Å²) < 4.78 is 17.4. The van der Waals surface area contributed by atoms with E-state index in [9.17, 15) is 4.79 Å². The summed E-state index contributed by atoms with van der Waals surface area (Å²) >= 11 is 1.22. The number of benzene rings is 2. The molecule has 0 atom stereocenters. The van der Waals surface area contributed by atoms with Crippen LogP contribution in [0.1, 0.15) is 0 Å². The van der Waals surface area contributed by atoms with Crippen molar-refractivity contribution in [1.29, 1.82) is 0 Å². The van der Waals surface area contributed by atoms with Gasteiger partial charge in [-0.1, -0.05) is 23.9 Å². The Labute approximate surface area is 158 Å². The van der Waals surface area contributed by atoms with Crippen molar-refractivity contribution in [2.75, 3.05) is 25.0 Å². The lowest BCUT2D eigenvalue weighted by atomic mass is 10.3. The first-order valence-corrected chi connectivity index (χ1v) is 8.97. The summed E-state index contributed by atoms with van der Waals surface area (Å²) in [5, 5.41) is 15.0. The van der Waals surface area contributed by atoms with Crippen molar-refractivity contribution in [2.24, 2.45) is 0 Å². The molecule has 4 rings (SSSR count). The van der Waals surface area contributed by atoms with E-state index < -0.39 is 0 Å². The zero-order valence-electron chi connectivity index (χ0n) is 14.3. The minimum absolute atomic E-state index is 0.143. The number of hydrogen-bond acceptors (Lipinski definition) is 8. The Kier molecular flexibility index (Phi) is 4.79. The molecule has 10 heteroatoms. The number of para-hydroxylation sites is 2. The smallest absolute Gasteiger partial charge is 0.234 e. The monoisotopic (exact) mass is 385 g/mol.